The topological polar surface area (TPSA) is 37.8 Å². The molecule has 1 aromatic carbocycles. The van der Waals surface area contributed by atoms with Crippen LogP contribution in [-0.4, -0.2) is 15.8 Å². The van der Waals surface area contributed by atoms with E-state index >= 15 is 0 Å². The maximum Gasteiger partial charge on any atom is 0.129 e. The number of nitrogens with zero attached hydrogens (tertiary/aromatic N) is 2. The van der Waals surface area contributed by atoms with Crippen LogP contribution in [0.4, 0.5) is 5.82 Å². The fourth-order valence-electron chi connectivity index (χ4n) is 1.45. The molecule has 0 aliphatic carbocycles. The first-order valence-corrected chi connectivity index (χ1v) is 5.57. The molecule has 0 amide bonds. The Kier molecular flexibility index (Phi) is 3.72. The molecular weight excluding hydrogens is 222 g/mol. The van der Waals surface area contributed by atoms with E-state index in [1.54, 1.807) is 6.20 Å². The summed E-state index contributed by atoms with van der Waals surface area (Å²) < 4.78 is 0. The Bertz CT molecular complexity index is 419. The van der Waals surface area contributed by atoms with E-state index in [4.69, 9.17) is 11.6 Å². The summed E-state index contributed by atoms with van der Waals surface area (Å²) in [5.41, 5.74) is 1.15. The molecule has 1 N–H and O–H groups in total. The van der Waals surface area contributed by atoms with E-state index in [9.17, 15) is 0 Å². The predicted octanol–water partition coefficient (Wildman–Crippen LogP) is 2.87. The molecule has 82 valence electrons. The summed E-state index contributed by atoms with van der Waals surface area (Å²) in [6.45, 7) is 0. The van der Waals surface area contributed by atoms with Crippen molar-refractivity contribution in [1.29, 1.82) is 0 Å². The Hall–Kier alpha value is -1.61. The lowest BCUT2D eigenvalue weighted by Crippen LogP contribution is -2.13. The lowest BCUT2D eigenvalue weighted by atomic mass is 10.1. The average Bonchev–Trinajstić information content (AvgIpc) is 2.38. The van der Waals surface area contributed by atoms with Crippen LogP contribution in [0.25, 0.3) is 0 Å². The van der Waals surface area contributed by atoms with Gasteiger partial charge < -0.3 is 5.32 Å². The highest BCUT2D eigenvalue weighted by Crippen LogP contribution is 2.18. The van der Waals surface area contributed by atoms with Gasteiger partial charge in [0.05, 0.1) is 6.04 Å². The Balaban J connectivity index is 2.13. The maximum atomic E-state index is 5.95. The molecule has 2 aromatic rings. The largest absolute Gasteiger partial charge is 0.362 e. The maximum absolute atomic E-state index is 5.95. The Labute approximate surface area is 99.5 Å². The second-order valence-electron chi connectivity index (χ2n) is 3.36. The van der Waals surface area contributed by atoms with Gasteiger partial charge in [-0.2, -0.15) is 0 Å². The van der Waals surface area contributed by atoms with Crippen LogP contribution in [-0.2, 0) is 0 Å². The number of anilines is 1. The summed E-state index contributed by atoms with van der Waals surface area (Å²) in [5, 5.41) is 3.26. The zero-order valence-corrected chi connectivity index (χ0v) is 9.43. The molecule has 16 heavy (non-hydrogen) atoms. The van der Waals surface area contributed by atoms with E-state index in [2.05, 4.69) is 15.3 Å². The van der Waals surface area contributed by atoms with Crippen molar-refractivity contribution >= 4 is 17.4 Å². The molecule has 0 saturated heterocycles. The van der Waals surface area contributed by atoms with E-state index in [1.807, 2.05) is 36.4 Å². The van der Waals surface area contributed by atoms with Crippen LogP contribution >= 0.6 is 11.6 Å². The van der Waals surface area contributed by atoms with Crippen LogP contribution in [0.15, 0.2) is 48.9 Å². The minimum absolute atomic E-state index is 0.0674. The van der Waals surface area contributed by atoms with Gasteiger partial charge in [-0.15, -0.1) is 11.6 Å². The van der Waals surface area contributed by atoms with Gasteiger partial charge in [-0.25, -0.2) is 9.97 Å². The number of benzene rings is 1. The zero-order valence-electron chi connectivity index (χ0n) is 8.68. The third kappa shape index (κ3) is 2.70. The molecular formula is C12H12ClN3. The SMILES string of the molecule is ClCC(Nc1ccncn1)c1ccccc1. The summed E-state index contributed by atoms with van der Waals surface area (Å²) >= 11 is 5.95. The molecule has 0 spiro atoms. The third-order valence-electron chi connectivity index (χ3n) is 2.26. The molecule has 2 rings (SSSR count). The minimum atomic E-state index is 0.0674. The van der Waals surface area contributed by atoms with Crippen molar-refractivity contribution in [3.05, 3.63) is 54.5 Å². The van der Waals surface area contributed by atoms with Crippen LogP contribution in [0.5, 0.6) is 0 Å². The minimum Gasteiger partial charge on any atom is -0.362 e. The molecule has 4 heteroatoms. The second kappa shape index (κ2) is 5.47. The van der Waals surface area contributed by atoms with Gasteiger partial charge in [-0.05, 0) is 11.6 Å². The van der Waals surface area contributed by atoms with Crippen LogP contribution < -0.4 is 5.32 Å². The number of halogens is 1. The third-order valence-corrected chi connectivity index (χ3v) is 2.57. The van der Waals surface area contributed by atoms with Gasteiger partial charge in [-0.3, -0.25) is 0 Å². The van der Waals surface area contributed by atoms with E-state index in [-0.39, 0.29) is 6.04 Å². The van der Waals surface area contributed by atoms with Crippen LogP contribution in [0.2, 0.25) is 0 Å². The fraction of sp³-hybridized carbons (Fsp3) is 0.167. The zero-order chi connectivity index (χ0) is 11.2. The van der Waals surface area contributed by atoms with Gasteiger partial charge in [0.1, 0.15) is 12.1 Å². The molecule has 3 nitrogen and oxygen atoms in total. The average molecular weight is 234 g/mol. The van der Waals surface area contributed by atoms with Gasteiger partial charge in [0.15, 0.2) is 0 Å². The van der Waals surface area contributed by atoms with Crippen molar-refractivity contribution < 1.29 is 0 Å². The van der Waals surface area contributed by atoms with E-state index in [1.165, 1.54) is 6.33 Å². The summed E-state index contributed by atoms with van der Waals surface area (Å²) in [6.07, 6.45) is 3.21. The monoisotopic (exact) mass is 233 g/mol. The molecule has 1 aromatic heterocycles. The van der Waals surface area contributed by atoms with Crippen molar-refractivity contribution in [3.63, 3.8) is 0 Å². The van der Waals surface area contributed by atoms with Crippen molar-refractivity contribution in [3.8, 4) is 0 Å². The highest BCUT2D eigenvalue weighted by molar-refractivity contribution is 6.18. The lowest BCUT2D eigenvalue weighted by molar-refractivity contribution is 0.880. The molecule has 0 aliphatic heterocycles. The number of aromatic nitrogens is 2. The molecule has 0 radical (unpaired) electrons. The Morgan fingerprint density at radius 2 is 2.00 bits per heavy atom. The van der Waals surface area contributed by atoms with Crippen LogP contribution in [0.3, 0.4) is 0 Å². The second-order valence-corrected chi connectivity index (χ2v) is 3.67. The first-order valence-electron chi connectivity index (χ1n) is 5.03. The van der Waals surface area contributed by atoms with Gasteiger partial charge in [0.25, 0.3) is 0 Å². The van der Waals surface area contributed by atoms with E-state index in [0.717, 1.165) is 11.4 Å². The molecule has 0 fully saturated rings. The number of alkyl halides is 1. The summed E-state index contributed by atoms with van der Waals surface area (Å²) in [4.78, 5) is 7.98. The normalized spacial score (nSPS) is 12.1. The van der Waals surface area contributed by atoms with Gasteiger partial charge >= 0.3 is 0 Å². The number of hydrogen-bond donors (Lipinski definition) is 1. The first kappa shape index (κ1) is 10.9. The summed E-state index contributed by atoms with van der Waals surface area (Å²) in [7, 11) is 0. The van der Waals surface area contributed by atoms with Gasteiger partial charge in [0.2, 0.25) is 0 Å². The standard InChI is InChI=1S/C12H12ClN3/c13-8-11(10-4-2-1-3-5-10)16-12-6-7-14-9-15-12/h1-7,9,11H,8H2,(H,14,15,16). The molecule has 0 aliphatic rings. The molecule has 1 unspecified atom stereocenters. The predicted molar refractivity (Wildman–Crippen MR) is 65.6 cm³/mol. The van der Waals surface area contributed by atoms with Crippen LogP contribution in [0, 0.1) is 0 Å². The molecule has 0 saturated carbocycles. The van der Waals surface area contributed by atoms with Gasteiger partial charge in [0, 0.05) is 12.1 Å². The van der Waals surface area contributed by atoms with Crippen LogP contribution in [0.1, 0.15) is 11.6 Å². The number of hydrogen-bond acceptors (Lipinski definition) is 3. The van der Waals surface area contributed by atoms with Crippen molar-refractivity contribution in [2.45, 2.75) is 6.04 Å². The smallest absolute Gasteiger partial charge is 0.129 e. The van der Waals surface area contributed by atoms with E-state index < -0.39 is 0 Å². The highest BCUT2D eigenvalue weighted by Gasteiger charge is 2.09. The first-order chi connectivity index (χ1) is 7.90. The summed E-state index contributed by atoms with van der Waals surface area (Å²) in [6, 6.07) is 12.0. The number of nitrogens with one attached hydrogen (secondary N) is 1. The lowest BCUT2D eigenvalue weighted by Gasteiger charge is -2.16. The van der Waals surface area contributed by atoms with Crippen molar-refractivity contribution in [2.75, 3.05) is 11.2 Å². The van der Waals surface area contributed by atoms with E-state index in [0.29, 0.717) is 5.88 Å². The van der Waals surface area contributed by atoms with Crippen molar-refractivity contribution in [2.24, 2.45) is 0 Å². The molecule has 1 atom stereocenters. The summed E-state index contributed by atoms with van der Waals surface area (Å²) in [5.74, 6) is 1.28. The Morgan fingerprint density at radius 3 is 2.62 bits per heavy atom. The van der Waals surface area contributed by atoms with Gasteiger partial charge in [-0.1, -0.05) is 30.3 Å². The quantitative estimate of drug-likeness (QED) is 0.826. The Morgan fingerprint density at radius 1 is 1.19 bits per heavy atom. The molecule has 0 bridgehead atoms. The van der Waals surface area contributed by atoms with Crippen molar-refractivity contribution in [1.82, 2.24) is 9.97 Å². The fourth-order valence-corrected chi connectivity index (χ4v) is 1.71. The number of rotatable bonds is 4. The molecule has 1 heterocycles. The highest BCUT2D eigenvalue weighted by atomic mass is 35.5.